The summed E-state index contributed by atoms with van der Waals surface area (Å²) in [7, 11) is -4.12. The lowest BCUT2D eigenvalue weighted by Crippen LogP contribution is -2.14. The van der Waals surface area contributed by atoms with E-state index in [-0.39, 0.29) is 10.3 Å². The Morgan fingerprint density at radius 1 is 1.06 bits per heavy atom. The maximum atomic E-state index is 11.1. The Balaban J connectivity index is 3.52. The highest BCUT2D eigenvalue weighted by atomic mass is 32.2. The van der Waals surface area contributed by atoms with Gasteiger partial charge in [-0.05, 0) is 42.0 Å². The largest absolute Gasteiger partial charge is 0.294 e. The van der Waals surface area contributed by atoms with E-state index >= 15 is 0 Å². The summed E-state index contributed by atoms with van der Waals surface area (Å²) in [5, 5.41) is 0. The van der Waals surface area contributed by atoms with Crippen molar-refractivity contribution in [2.24, 2.45) is 0 Å². The molecule has 1 aromatic rings. The minimum absolute atomic E-state index is 0.00185. The van der Waals surface area contributed by atoms with E-state index in [1.54, 1.807) is 6.92 Å². The summed E-state index contributed by atoms with van der Waals surface area (Å²) in [5.41, 5.74) is 2.52. The molecule has 0 unspecified atom stereocenters. The Morgan fingerprint density at radius 3 is 1.94 bits per heavy atom. The van der Waals surface area contributed by atoms with E-state index in [9.17, 15) is 8.42 Å². The van der Waals surface area contributed by atoms with Gasteiger partial charge in [-0.1, -0.05) is 26.8 Å². The highest BCUT2D eigenvalue weighted by Gasteiger charge is 2.21. The highest BCUT2D eigenvalue weighted by molar-refractivity contribution is 7.85. The van der Waals surface area contributed by atoms with Crippen molar-refractivity contribution in [1.29, 1.82) is 0 Å². The predicted octanol–water partition coefficient (Wildman–Crippen LogP) is 2.85. The van der Waals surface area contributed by atoms with Crippen molar-refractivity contribution in [2.45, 2.75) is 44.9 Å². The summed E-state index contributed by atoms with van der Waals surface area (Å²) in [6.07, 6.45) is 0. The van der Waals surface area contributed by atoms with Crippen LogP contribution in [0.1, 0.15) is 37.5 Å². The molecule has 0 fully saturated rings. The van der Waals surface area contributed by atoms with Crippen LogP contribution >= 0.6 is 0 Å². The van der Waals surface area contributed by atoms with E-state index in [1.807, 2.05) is 13.0 Å². The first kappa shape index (κ1) is 13.2. The van der Waals surface area contributed by atoms with Gasteiger partial charge in [-0.3, -0.25) is 4.55 Å². The molecule has 0 aromatic heterocycles. The average molecular weight is 242 g/mol. The first-order valence-electron chi connectivity index (χ1n) is 5.12. The lowest BCUT2D eigenvalue weighted by atomic mass is 9.83. The van der Waals surface area contributed by atoms with E-state index in [0.717, 1.165) is 11.1 Å². The molecule has 0 atom stereocenters. The molecule has 16 heavy (non-hydrogen) atoms. The minimum Gasteiger partial charge on any atom is -0.282 e. The SMILES string of the molecule is Cc1cc(S(=O)(=O)O)c(C)cc1C(C)(C)C. The monoisotopic (exact) mass is 242 g/mol. The molecule has 0 saturated carbocycles. The Morgan fingerprint density at radius 2 is 1.56 bits per heavy atom. The number of hydrogen-bond donors (Lipinski definition) is 1. The van der Waals surface area contributed by atoms with Gasteiger partial charge < -0.3 is 0 Å². The molecule has 0 spiro atoms. The zero-order valence-electron chi connectivity index (χ0n) is 10.3. The molecule has 1 rings (SSSR count). The molecule has 3 nitrogen and oxygen atoms in total. The standard InChI is InChI=1S/C12H18O3S/c1-8-7-11(16(13,14)15)9(2)6-10(8)12(3,4)5/h6-7H,1-5H3,(H,13,14,15). The smallest absolute Gasteiger partial charge is 0.282 e. The van der Waals surface area contributed by atoms with Crippen molar-refractivity contribution in [3.8, 4) is 0 Å². The molecule has 0 aliphatic heterocycles. The summed E-state index contributed by atoms with van der Waals surface area (Å²) < 4.78 is 31.3. The second-order valence-corrected chi connectivity index (χ2v) is 6.55. The van der Waals surface area contributed by atoms with Crippen LogP contribution < -0.4 is 0 Å². The maximum absolute atomic E-state index is 11.1. The first-order chi connectivity index (χ1) is 7.03. The van der Waals surface area contributed by atoms with Crippen LogP contribution in [0.4, 0.5) is 0 Å². The molecule has 0 bridgehead atoms. The van der Waals surface area contributed by atoms with Crippen molar-refractivity contribution >= 4 is 10.1 Å². The Labute approximate surface area is 97.2 Å². The third kappa shape index (κ3) is 2.62. The van der Waals surface area contributed by atoms with Crippen LogP contribution in [0.15, 0.2) is 17.0 Å². The van der Waals surface area contributed by atoms with Crippen LogP contribution in [0, 0.1) is 13.8 Å². The number of hydrogen-bond acceptors (Lipinski definition) is 2. The van der Waals surface area contributed by atoms with Gasteiger partial charge in [-0.15, -0.1) is 0 Å². The van der Waals surface area contributed by atoms with E-state index in [2.05, 4.69) is 20.8 Å². The molecule has 0 amide bonds. The van der Waals surface area contributed by atoms with E-state index in [0.29, 0.717) is 5.56 Å². The van der Waals surface area contributed by atoms with Crippen molar-refractivity contribution < 1.29 is 13.0 Å². The molecule has 0 radical (unpaired) electrons. The van der Waals surface area contributed by atoms with Crippen LogP contribution in [0.25, 0.3) is 0 Å². The zero-order chi connectivity index (χ0) is 12.7. The fourth-order valence-electron chi connectivity index (χ4n) is 1.88. The lowest BCUT2D eigenvalue weighted by Gasteiger charge is -2.23. The number of benzene rings is 1. The molecule has 90 valence electrons. The molecular formula is C12H18O3S. The van der Waals surface area contributed by atoms with Gasteiger partial charge in [0.15, 0.2) is 0 Å². The van der Waals surface area contributed by atoms with E-state index in [4.69, 9.17) is 4.55 Å². The third-order valence-electron chi connectivity index (χ3n) is 2.61. The molecule has 1 N–H and O–H groups in total. The molecule has 0 aliphatic carbocycles. The average Bonchev–Trinajstić information content (AvgIpc) is 2.04. The Hall–Kier alpha value is -0.870. The summed E-state index contributed by atoms with van der Waals surface area (Å²) in [6, 6.07) is 3.36. The Bertz CT molecular complexity index is 508. The third-order valence-corrected chi connectivity index (χ3v) is 3.60. The summed E-state index contributed by atoms with van der Waals surface area (Å²) in [5.74, 6) is 0. The topological polar surface area (TPSA) is 54.4 Å². The van der Waals surface area contributed by atoms with Gasteiger partial charge in [0.2, 0.25) is 0 Å². The van der Waals surface area contributed by atoms with Gasteiger partial charge in [0.05, 0.1) is 4.90 Å². The lowest BCUT2D eigenvalue weighted by molar-refractivity contribution is 0.482. The molecule has 0 heterocycles. The quantitative estimate of drug-likeness (QED) is 0.770. The van der Waals surface area contributed by atoms with E-state index < -0.39 is 10.1 Å². The van der Waals surface area contributed by atoms with Crippen molar-refractivity contribution in [3.63, 3.8) is 0 Å². The molecule has 0 aliphatic rings. The second kappa shape index (κ2) is 3.86. The van der Waals surface area contributed by atoms with Gasteiger partial charge >= 0.3 is 0 Å². The normalized spacial score (nSPS) is 12.9. The predicted molar refractivity (Wildman–Crippen MR) is 64.4 cm³/mol. The second-order valence-electron chi connectivity index (χ2n) is 5.16. The maximum Gasteiger partial charge on any atom is 0.294 e. The van der Waals surface area contributed by atoms with Gasteiger partial charge in [-0.2, -0.15) is 8.42 Å². The summed E-state index contributed by atoms with van der Waals surface area (Å²) in [6.45, 7) is 9.76. The summed E-state index contributed by atoms with van der Waals surface area (Å²) >= 11 is 0. The van der Waals surface area contributed by atoms with Crippen LogP contribution in [0.3, 0.4) is 0 Å². The van der Waals surface area contributed by atoms with Gasteiger partial charge in [-0.25, -0.2) is 0 Å². The summed E-state index contributed by atoms with van der Waals surface area (Å²) in [4.78, 5) is -0.00185. The van der Waals surface area contributed by atoms with Crippen LogP contribution in [0.5, 0.6) is 0 Å². The highest BCUT2D eigenvalue weighted by Crippen LogP contribution is 2.29. The molecule has 1 aromatic carbocycles. The van der Waals surface area contributed by atoms with E-state index in [1.165, 1.54) is 6.07 Å². The number of aryl methyl sites for hydroxylation is 2. The van der Waals surface area contributed by atoms with Crippen molar-refractivity contribution in [2.75, 3.05) is 0 Å². The minimum atomic E-state index is -4.12. The first-order valence-corrected chi connectivity index (χ1v) is 6.56. The fraction of sp³-hybridized carbons (Fsp3) is 0.500. The molecule has 0 saturated heterocycles. The molecular weight excluding hydrogens is 224 g/mol. The zero-order valence-corrected chi connectivity index (χ0v) is 11.1. The fourth-order valence-corrected chi connectivity index (χ4v) is 2.67. The Kier molecular flexibility index (Phi) is 3.18. The van der Waals surface area contributed by atoms with Gasteiger partial charge in [0.1, 0.15) is 0 Å². The van der Waals surface area contributed by atoms with Crippen LogP contribution in [0.2, 0.25) is 0 Å². The number of rotatable bonds is 1. The van der Waals surface area contributed by atoms with Crippen molar-refractivity contribution in [1.82, 2.24) is 0 Å². The van der Waals surface area contributed by atoms with Gasteiger partial charge in [0, 0.05) is 0 Å². The van der Waals surface area contributed by atoms with Crippen LogP contribution in [-0.4, -0.2) is 13.0 Å². The van der Waals surface area contributed by atoms with Crippen molar-refractivity contribution in [3.05, 3.63) is 28.8 Å². The van der Waals surface area contributed by atoms with Gasteiger partial charge in [0.25, 0.3) is 10.1 Å². The van der Waals surface area contributed by atoms with Crippen LogP contribution in [-0.2, 0) is 15.5 Å². The molecule has 4 heteroatoms.